The van der Waals surface area contributed by atoms with Gasteiger partial charge in [-0.3, -0.25) is 33.6 Å². The summed E-state index contributed by atoms with van der Waals surface area (Å²) in [4.78, 5) is 53.9. The molecule has 2 saturated heterocycles. The van der Waals surface area contributed by atoms with Gasteiger partial charge in [-0.25, -0.2) is 63.9 Å². The van der Waals surface area contributed by atoms with Crippen LogP contribution in [0, 0.1) is 91.6 Å². The van der Waals surface area contributed by atoms with Crippen LogP contribution >= 0.6 is 73.7 Å². The number of anilines is 2. The van der Waals surface area contributed by atoms with E-state index in [0.717, 1.165) is 57.0 Å². The number of pyridine rings is 2. The summed E-state index contributed by atoms with van der Waals surface area (Å²) in [6.45, 7) is 2.90. The molecule has 0 spiro atoms. The van der Waals surface area contributed by atoms with Gasteiger partial charge in [-0.05, 0) is 77.3 Å². The highest BCUT2D eigenvalue weighted by Crippen LogP contribution is 2.61. The second-order valence-electron chi connectivity index (χ2n) is 19.7. The van der Waals surface area contributed by atoms with E-state index >= 15 is 0 Å². The Hall–Kier alpha value is -11.0. The van der Waals surface area contributed by atoms with Crippen molar-refractivity contribution in [2.24, 2.45) is 0 Å². The molecule has 2 fully saturated rings. The third-order valence-electron chi connectivity index (χ3n) is 12.9. The highest BCUT2D eigenvalue weighted by atomic mass is 36.0. The van der Waals surface area contributed by atoms with Crippen LogP contribution in [0.2, 0.25) is 15.5 Å². The number of nitrogens with zero attached hydrogens (tertiary/aromatic N) is 20. The number of H-pyrrole nitrogens is 2. The number of ketones is 1. The molecule has 544 valence electrons. The molecule has 2 aliphatic heterocycles. The Labute approximate surface area is 607 Å². The Morgan fingerprint density at radius 1 is 0.731 bits per heavy atom. The van der Waals surface area contributed by atoms with Crippen molar-refractivity contribution in [2.75, 3.05) is 37.5 Å². The number of ether oxygens (including phenoxy) is 1. The normalized spacial score (nSPS) is 15.0. The summed E-state index contributed by atoms with van der Waals surface area (Å²) in [5.74, 6) is -7.08. The van der Waals surface area contributed by atoms with Crippen LogP contribution in [0.1, 0.15) is 79.1 Å². The first-order valence-electron chi connectivity index (χ1n) is 28.6. The molecule has 13 rings (SSSR count). The number of aromatic hydroxyl groups is 1. The predicted molar refractivity (Wildman–Crippen MR) is 351 cm³/mol. The quantitative estimate of drug-likeness (QED) is 0.0339. The number of nitrogens with two attached hydrogens (primary N) is 1. The van der Waals surface area contributed by atoms with Crippen LogP contribution in [0.25, 0.3) is 22.6 Å². The van der Waals surface area contributed by atoms with Crippen LogP contribution < -0.4 is 21.5 Å². The molecule has 30 nitrogen and oxygen atoms in total. The Kier molecular flexibility index (Phi) is 30.6. The smallest absolute Gasteiger partial charge is 0.348 e. The minimum atomic E-state index is -3.22. The van der Waals surface area contributed by atoms with Crippen LogP contribution in [-0.4, -0.2) is 141 Å². The lowest BCUT2D eigenvalue weighted by atomic mass is 10.1. The van der Waals surface area contributed by atoms with E-state index in [4.69, 9.17) is 73.3 Å². The standard InChI is InChI=1S/C16H11F3N6.C9H10F2N2.C7HCl2FN4.C7H2ClFN4.C7H3FN4O2.C6H9FO3.C4H4N4.CH3F.Cl3OP/c17-11-1-9(4-21-6-11)14-2-12(18)7-24(14)16-13(19)8-25-15(23-16)10(3-20)5-22-25;10-7-1-6(3-12-4-7)9-2-8(11)5-13-9;8-5-4(10)6(9)14-7(13-5)3(1-11)2-12-14;8-6-5(9)3-13-7(12-6)4(1-10)2-11-13;8-4-6(13)11-5-3(1-9)2-10-12(5)7(4)14;1-3-10-6(9)5(7)4(2)8;5-1-3-2-7-8-4(3)6;1-2;1-5(2,3)4/h1,4-6,8,12,14H,2,7H2;1,3-4,8-9,13H,2,5H2;2H;2-3H;2,14H,(H,11,13);5H,3H2,1-2H3;2H,(H3,6,7,8);1H3;/t12-,14+;8-,9+;;;;;;;/m00......./s1/i;;;;;;;1D;. The van der Waals surface area contributed by atoms with E-state index in [0.29, 0.717) is 29.9 Å². The lowest BCUT2D eigenvalue weighted by Gasteiger charge is -2.25. The van der Waals surface area contributed by atoms with Gasteiger partial charge in [-0.2, -0.15) is 65.2 Å². The number of hydrogen-bond acceptors (Lipinski definition) is 24. The van der Waals surface area contributed by atoms with Crippen molar-refractivity contribution in [1.82, 2.24) is 83.9 Å². The average molecular weight is 1590 g/mol. The second-order valence-corrected chi connectivity index (χ2v) is 27.4. The van der Waals surface area contributed by atoms with Gasteiger partial charge in [0.2, 0.25) is 5.82 Å². The molecule has 11 aromatic rings. The van der Waals surface area contributed by atoms with Crippen LogP contribution in [-0.2, 0) is 18.9 Å². The van der Waals surface area contributed by atoms with Crippen molar-refractivity contribution in [3.63, 3.8) is 0 Å². The van der Waals surface area contributed by atoms with Crippen molar-refractivity contribution in [3.8, 4) is 36.2 Å². The second kappa shape index (κ2) is 38.9. The molecule has 0 amide bonds. The number of esters is 1. The van der Waals surface area contributed by atoms with Gasteiger partial charge in [0.25, 0.3) is 17.6 Å². The molecular formula is C57H43Cl6F10N24O6P. The minimum absolute atomic E-state index is 0.0311. The maximum Gasteiger partial charge on any atom is 0.348 e. The lowest BCUT2D eigenvalue weighted by Crippen LogP contribution is -2.26. The Morgan fingerprint density at radius 2 is 1.24 bits per heavy atom. The number of aromatic amines is 2. The molecule has 13 heterocycles. The highest BCUT2D eigenvalue weighted by Gasteiger charge is 2.37. The third-order valence-corrected chi connectivity index (χ3v) is 13.7. The predicted octanol–water partition coefficient (Wildman–Crippen LogP) is 11.1. The van der Waals surface area contributed by atoms with Crippen LogP contribution in [0.3, 0.4) is 0 Å². The van der Waals surface area contributed by atoms with E-state index in [2.05, 4.69) is 104 Å². The summed E-state index contributed by atoms with van der Waals surface area (Å²) in [6, 6.07) is 11.2. The number of carbonyl (C=O) groups excluding carboxylic acids is 2. The minimum Gasteiger partial charge on any atom is -0.491 e. The van der Waals surface area contributed by atoms with Crippen LogP contribution in [0.5, 0.6) is 5.88 Å². The number of nitrogens with one attached hydrogen (secondary N) is 3. The monoisotopic (exact) mass is 1590 g/mol. The van der Waals surface area contributed by atoms with Gasteiger partial charge in [0.1, 0.15) is 88.0 Å². The van der Waals surface area contributed by atoms with Gasteiger partial charge in [0.05, 0.1) is 83.5 Å². The van der Waals surface area contributed by atoms with Crippen molar-refractivity contribution in [2.45, 2.75) is 57.3 Å². The molecule has 5 atom stereocenters. The third kappa shape index (κ3) is 22.5. The number of nitriles is 5. The van der Waals surface area contributed by atoms with E-state index in [1.165, 1.54) is 52.5 Å². The number of halogens is 16. The Morgan fingerprint density at radius 3 is 1.75 bits per heavy atom. The summed E-state index contributed by atoms with van der Waals surface area (Å²) in [5, 5.41) is 71.9. The number of rotatable bonds is 6. The van der Waals surface area contributed by atoms with E-state index in [9.17, 15) is 62.9 Å². The number of aromatic nitrogens is 16. The zero-order chi connectivity index (χ0) is 78.2. The first-order valence-corrected chi connectivity index (χ1v) is 33.5. The number of nitrogen functional groups attached to an aromatic ring is 1. The molecule has 1 unspecified atom stereocenters. The fraction of sp³-hybridized carbons (Fsp3) is 0.228. The summed E-state index contributed by atoms with van der Waals surface area (Å²) in [7, 11) is -1.00. The number of fused-ring (bicyclic) bond motifs is 4. The van der Waals surface area contributed by atoms with Crippen LogP contribution in [0.15, 0.2) is 85.1 Å². The van der Waals surface area contributed by atoms with E-state index in [1.807, 2.05) is 24.3 Å². The van der Waals surface area contributed by atoms with Gasteiger partial charge >= 0.3 is 11.2 Å². The average Bonchev–Trinajstić information content (AvgIpc) is 1.68. The highest BCUT2D eigenvalue weighted by molar-refractivity contribution is 8.24. The maximum atomic E-state index is 14.5. The number of alkyl halides is 4. The summed E-state index contributed by atoms with van der Waals surface area (Å²) >= 11 is 30.3. The fourth-order valence-corrected chi connectivity index (χ4v) is 9.01. The molecule has 0 aromatic carbocycles. The van der Waals surface area contributed by atoms with Crippen molar-refractivity contribution < 1.29 is 69.3 Å². The van der Waals surface area contributed by atoms with Gasteiger partial charge in [0.15, 0.2) is 67.1 Å². The summed E-state index contributed by atoms with van der Waals surface area (Å²) in [5.41, 5.74) is 6.91. The molecule has 6 N–H and O–H groups in total. The van der Waals surface area contributed by atoms with Gasteiger partial charge in [0, 0.05) is 31.4 Å². The Balaban J connectivity index is 0.000000222. The molecule has 0 radical (unpaired) electrons. The first-order chi connectivity index (χ1) is 49.7. The number of hydrogen-bond donors (Lipinski definition) is 5. The van der Waals surface area contributed by atoms with Crippen LogP contribution in [0.4, 0.5) is 55.5 Å². The zero-order valence-electron chi connectivity index (χ0n) is 53.1. The van der Waals surface area contributed by atoms with Gasteiger partial charge in [-0.1, -0.05) is 34.8 Å². The number of carbonyl (C=O) groups is 2. The molecule has 11 aromatic heterocycles. The SMILES string of the molecule is CCOC(=O)C(F)C(C)=O.Fc1cncc([C@H]2C[C@H](F)CN2)c1.N#Cc1cn[nH]c1N.N#Cc1cnn2c(Cl)c(F)c(Cl)nc12.N#Cc1cnn2c(O)c(F)c(=O)[nH]c12.N#Cc1cnn2cc(F)c(Cl)nc12.N#Cc1cnn2cc(F)c(N3C[C@@H](F)C[C@@H]3c3cncc(F)c3)nc12.O=P(Cl)(Cl)Cl.[2H]CF. The molecule has 2 aliphatic rings. The zero-order valence-corrected chi connectivity index (χ0v) is 57.6. The van der Waals surface area contributed by atoms with Crippen molar-refractivity contribution in [1.29, 1.82) is 26.3 Å². The lowest BCUT2D eigenvalue weighted by molar-refractivity contribution is -0.152. The first kappa shape index (κ1) is 82.0. The molecular weight excluding hydrogens is 1550 g/mol. The molecule has 0 aliphatic carbocycles. The van der Waals surface area contributed by atoms with Crippen molar-refractivity contribution in [3.05, 3.63) is 180 Å². The molecule has 0 bridgehead atoms. The largest absolute Gasteiger partial charge is 0.491 e. The number of Topliss-reactive ketones (excluding diaryl/α,β-unsaturated/α-hetero) is 1. The summed E-state index contributed by atoms with van der Waals surface area (Å²) < 4.78 is 152. The topological polar surface area (TPSA) is 436 Å². The molecule has 0 saturated carbocycles. The maximum absolute atomic E-state index is 14.5. The Bertz CT molecular complexity index is 5230. The summed E-state index contributed by atoms with van der Waals surface area (Å²) in [6.07, 6.45) is 10.00. The fourth-order valence-electron chi connectivity index (χ4n) is 8.45. The van der Waals surface area contributed by atoms with Gasteiger partial charge < -0.3 is 30.8 Å². The van der Waals surface area contributed by atoms with Gasteiger partial charge in [-0.15, -0.1) is 0 Å². The van der Waals surface area contributed by atoms with E-state index in [-0.39, 0.29) is 97.6 Å². The van der Waals surface area contributed by atoms with Crippen molar-refractivity contribution >= 4 is 120 Å². The van der Waals surface area contributed by atoms with E-state index < -0.39 is 89.2 Å². The molecule has 47 heteroatoms. The molecule has 104 heavy (non-hydrogen) atoms. The van der Waals surface area contributed by atoms with E-state index in [1.54, 1.807) is 19.2 Å².